The van der Waals surface area contributed by atoms with Crippen LogP contribution in [0.15, 0.2) is 29.4 Å². The van der Waals surface area contributed by atoms with E-state index in [1.807, 2.05) is 18.0 Å². The number of H-pyrrole nitrogens is 1. The van der Waals surface area contributed by atoms with Gasteiger partial charge in [0.2, 0.25) is 0 Å². The third-order valence-electron chi connectivity index (χ3n) is 4.24. The summed E-state index contributed by atoms with van der Waals surface area (Å²) in [5.74, 6) is 1.94. The molecule has 3 N–H and O–H groups in total. The molecule has 6 heteroatoms. The molecule has 1 aromatic heterocycles. The molecule has 0 amide bonds. The first kappa shape index (κ1) is 17.1. The lowest BCUT2D eigenvalue weighted by molar-refractivity contribution is 0.629. The van der Waals surface area contributed by atoms with E-state index in [1.165, 1.54) is 24.7 Å². The maximum Gasteiger partial charge on any atom is 0.191 e. The minimum Gasteiger partial charge on any atom is -0.361 e. The molecule has 3 rings (SSSR count). The molecule has 1 aliphatic rings. The first-order valence-corrected chi connectivity index (χ1v) is 9.70. The Morgan fingerprint density at radius 1 is 1.42 bits per heavy atom. The molecule has 2 heterocycles. The quantitative estimate of drug-likeness (QED) is 0.555. The third-order valence-corrected chi connectivity index (χ3v) is 5.62. The van der Waals surface area contributed by atoms with Crippen molar-refractivity contribution in [1.29, 1.82) is 0 Å². The van der Waals surface area contributed by atoms with E-state index in [0.29, 0.717) is 5.25 Å². The van der Waals surface area contributed by atoms with E-state index in [-0.39, 0.29) is 5.82 Å². The number of fused-ring (bicyclic) bond motifs is 1. The highest BCUT2D eigenvalue weighted by Crippen LogP contribution is 2.26. The van der Waals surface area contributed by atoms with E-state index in [2.05, 4.69) is 22.5 Å². The van der Waals surface area contributed by atoms with Gasteiger partial charge in [0.1, 0.15) is 5.82 Å². The Hall–Kier alpha value is -1.69. The van der Waals surface area contributed by atoms with Gasteiger partial charge in [-0.25, -0.2) is 4.39 Å². The number of guanidine groups is 1. The van der Waals surface area contributed by atoms with Crippen LogP contribution < -0.4 is 10.6 Å². The van der Waals surface area contributed by atoms with Gasteiger partial charge in [-0.1, -0.05) is 0 Å². The van der Waals surface area contributed by atoms with Crippen molar-refractivity contribution in [3.8, 4) is 0 Å². The second-order valence-electron chi connectivity index (χ2n) is 6.04. The zero-order valence-corrected chi connectivity index (χ0v) is 14.9. The molecule has 2 aromatic rings. The normalized spacial score (nSPS) is 18.2. The summed E-state index contributed by atoms with van der Waals surface area (Å²) in [5.41, 5.74) is 2.10. The predicted molar refractivity (Wildman–Crippen MR) is 101 cm³/mol. The van der Waals surface area contributed by atoms with Crippen molar-refractivity contribution in [2.45, 2.75) is 31.4 Å². The lowest BCUT2D eigenvalue weighted by Crippen LogP contribution is -2.38. The average molecular weight is 348 g/mol. The van der Waals surface area contributed by atoms with Crippen LogP contribution in [-0.4, -0.2) is 41.6 Å². The van der Waals surface area contributed by atoms with Crippen molar-refractivity contribution in [3.63, 3.8) is 0 Å². The Kier molecular flexibility index (Phi) is 6.01. The van der Waals surface area contributed by atoms with Gasteiger partial charge in [0.05, 0.1) is 6.54 Å². The molecule has 1 fully saturated rings. The molecular formula is C18H25FN4S. The van der Waals surface area contributed by atoms with Gasteiger partial charge in [-0.3, -0.25) is 4.99 Å². The largest absolute Gasteiger partial charge is 0.361 e. The van der Waals surface area contributed by atoms with Gasteiger partial charge in [-0.05, 0) is 55.7 Å². The topological polar surface area (TPSA) is 52.2 Å². The highest BCUT2D eigenvalue weighted by atomic mass is 32.2. The van der Waals surface area contributed by atoms with Gasteiger partial charge >= 0.3 is 0 Å². The van der Waals surface area contributed by atoms with Crippen molar-refractivity contribution in [2.75, 3.05) is 25.4 Å². The number of aliphatic imine (C=N–C) groups is 1. The summed E-state index contributed by atoms with van der Waals surface area (Å²) in [4.78, 5) is 7.89. The molecule has 24 heavy (non-hydrogen) atoms. The number of hydrogen-bond donors (Lipinski definition) is 3. The highest BCUT2D eigenvalue weighted by molar-refractivity contribution is 8.00. The van der Waals surface area contributed by atoms with Crippen LogP contribution >= 0.6 is 11.8 Å². The van der Waals surface area contributed by atoms with Crippen LogP contribution in [0.3, 0.4) is 0 Å². The lowest BCUT2D eigenvalue weighted by Gasteiger charge is -2.12. The Bertz CT molecular complexity index is 691. The number of aromatic amines is 1. The Morgan fingerprint density at radius 2 is 2.33 bits per heavy atom. The number of halogens is 1. The van der Waals surface area contributed by atoms with Crippen molar-refractivity contribution >= 4 is 28.6 Å². The molecular weight excluding hydrogens is 323 g/mol. The van der Waals surface area contributed by atoms with Gasteiger partial charge < -0.3 is 15.6 Å². The van der Waals surface area contributed by atoms with E-state index in [0.717, 1.165) is 48.5 Å². The number of benzene rings is 1. The second kappa shape index (κ2) is 8.42. The fourth-order valence-corrected chi connectivity index (χ4v) is 4.18. The first-order chi connectivity index (χ1) is 11.8. The Morgan fingerprint density at radius 3 is 3.12 bits per heavy atom. The van der Waals surface area contributed by atoms with Crippen LogP contribution in [0.4, 0.5) is 4.39 Å². The summed E-state index contributed by atoms with van der Waals surface area (Å²) in [6.07, 6.45) is 5.37. The number of aromatic nitrogens is 1. The SMILES string of the molecule is CCNC(=NCC1CCCS1)NCCc1c[nH]c2ccc(F)cc12. The van der Waals surface area contributed by atoms with Crippen molar-refractivity contribution < 1.29 is 4.39 Å². The number of nitrogens with one attached hydrogen (secondary N) is 3. The molecule has 0 bridgehead atoms. The monoisotopic (exact) mass is 348 g/mol. The van der Waals surface area contributed by atoms with Crippen LogP contribution in [0.1, 0.15) is 25.3 Å². The van der Waals surface area contributed by atoms with Gasteiger partial charge in [0, 0.05) is 35.4 Å². The van der Waals surface area contributed by atoms with E-state index in [1.54, 1.807) is 12.1 Å². The lowest BCUT2D eigenvalue weighted by atomic mass is 10.1. The van der Waals surface area contributed by atoms with Crippen molar-refractivity contribution in [3.05, 3.63) is 35.8 Å². The Balaban J connectivity index is 1.55. The van der Waals surface area contributed by atoms with Crippen LogP contribution in [0.25, 0.3) is 10.9 Å². The van der Waals surface area contributed by atoms with Crippen LogP contribution in [-0.2, 0) is 6.42 Å². The molecule has 1 aromatic carbocycles. The number of thioether (sulfide) groups is 1. The third kappa shape index (κ3) is 4.44. The van der Waals surface area contributed by atoms with Crippen LogP contribution in [0, 0.1) is 5.82 Å². The smallest absolute Gasteiger partial charge is 0.191 e. The molecule has 0 saturated carbocycles. The molecule has 0 aliphatic carbocycles. The predicted octanol–water partition coefficient (Wildman–Crippen LogP) is 3.30. The van der Waals surface area contributed by atoms with E-state index in [4.69, 9.17) is 4.99 Å². The van der Waals surface area contributed by atoms with Crippen molar-refractivity contribution in [1.82, 2.24) is 15.6 Å². The standard InChI is InChI=1S/C18H25FN4S/c1-2-20-18(23-12-15-4-3-9-24-15)21-8-7-13-11-22-17-6-5-14(19)10-16(13)17/h5-6,10-11,15,22H,2-4,7-9,12H2,1H3,(H2,20,21,23). The summed E-state index contributed by atoms with van der Waals surface area (Å²) in [5, 5.41) is 8.30. The molecule has 0 spiro atoms. The fraction of sp³-hybridized carbons (Fsp3) is 0.500. The summed E-state index contributed by atoms with van der Waals surface area (Å²) in [6, 6.07) is 4.86. The number of nitrogens with zero attached hydrogens (tertiary/aromatic N) is 1. The van der Waals surface area contributed by atoms with E-state index >= 15 is 0 Å². The van der Waals surface area contributed by atoms with Gasteiger partial charge in [-0.2, -0.15) is 11.8 Å². The van der Waals surface area contributed by atoms with E-state index < -0.39 is 0 Å². The minimum atomic E-state index is -0.194. The van der Waals surface area contributed by atoms with Crippen molar-refractivity contribution in [2.24, 2.45) is 4.99 Å². The fourth-order valence-electron chi connectivity index (χ4n) is 3.00. The van der Waals surface area contributed by atoms with Gasteiger partial charge in [0.25, 0.3) is 0 Å². The van der Waals surface area contributed by atoms with Gasteiger partial charge in [-0.15, -0.1) is 0 Å². The maximum absolute atomic E-state index is 13.4. The van der Waals surface area contributed by atoms with E-state index in [9.17, 15) is 4.39 Å². The molecule has 0 radical (unpaired) electrons. The molecule has 1 atom stereocenters. The summed E-state index contributed by atoms with van der Waals surface area (Å²) < 4.78 is 13.4. The first-order valence-electron chi connectivity index (χ1n) is 8.65. The molecule has 1 aliphatic heterocycles. The minimum absolute atomic E-state index is 0.194. The zero-order valence-electron chi connectivity index (χ0n) is 14.1. The molecule has 1 unspecified atom stereocenters. The zero-order chi connectivity index (χ0) is 16.8. The Labute approximate surface area is 146 Å². The highest BCUT2D eigenvalue weighted by Gasteiger charge is 2.15. The summed E-state index contributed by atoms with van der Waals surface area (Å²) in [7, 11) is 0. The van der Waals surface area contributed by atoms with Crippen LogP contribution in [0.2, 0.25) is 0 Å². The summed E-state index contributed by atoms with van der Waals surface area (Å²) >= 11 is 2.02. The number of hydrogen-bond acceptors (Lipinski definition) is 2. The summed E-state index contributed by atoms with van der Waals surface area (Å²) in [6.45, 7) is 4.57. The number of rotatable bonds is 6. The average Bonchev–Trinajstić information content (AvgIpc) is 3.22. The molecule has 4 nitrogen and oxygen atoms in total. The maximum atomic E-state index is 13.4. The van der Waals surface area contributed by atoms with Crippen LogP contribution in [0.5, 0.6) is 0 Å². The van der Waals surface area contributed by atoms with Gasteiger partial charge in [0.15, 0.2) is 5.96 Å². The molecule has 1 saturated heterocycles. The second-order valence-corrected chi connectivity index (χ2v) is 7.44. The molecule has 130 valence electrons.